The van der Waals surface area contributed by atoms with Gasteiger partial charge in [-0.3, -0.25) is 19.7 Å². The second kappa shape index (κ2) is 19.3. The molecule has 6 aliphatic carbocycles. The van der Waals surface area contributed by atoms with E-state index in [1.165, 1.54) is 0 Å². The molecule has 0 aromatic heterocycles. The minimum Gasteiger partial charge on any atom is -0.445 e. The molecule has 18 atom stereocenters. The zero-order valence-corrected chi connectivity index (χ0v) is 42.4. The minimum atomic E-state index is -0.719. The SMILES string of the molecule is C#CCC[C@]1(C)C[C@@H](O)[C@@]2(C)C3[C@H](OC)CCC3(CC[C@H]2C)[C@@H](C)C1=O.C#CCC[C@]1(C)C[C@@H](OC(=O)NC(=O)[C@H]2CN(C)CC[C@@H]2C)[C@@]2(C)C3[C@H](OC)CCC3(CC[C@H]2C)[C@@H](C)C1=O. The molecule has 6 saturated carbocycles. The van der Waals surface area contributed by atoms with E-state index in [2.05, 4.69) is 70.5 Å². The molecule has 1 heterocycles. The number of methoxy groups -OCH3 is 2. The van der Waals surface area contributed by atoms with Crippen LogP contribution in [0, 0.1) is 105 Å². The summed E-state index contributed by atoms with van der Waals surface area (Å²) >= 11 is 0. The van der Waals surface area contributed by atoms with E-state index >= 15 is 0 Å². The van der Waals surface area contributed by atoms with Crippen molar-refractivity contribution in [1.82, 2.24) is 10.2 Å². The number of ether oxygens (including phenoxy) is 3. The van der Waals surface area contributed by atoms with Gasteiger partial charge in [0.2, 0.25) is 5.91 Å². The molecule has 2 N–H and O–H groups in total. The topological polar surface area (TPSA) is 131 Å². The Morgan fingerprint density at radius 1 is 0.738 bits per heavy atom. The number of terminal acetylenes is 2. The van der Waals surface area contributed by atoms with Crippen LogP contribution in [0.1, 0.15) is 159 Å². The van der Waals surface area contributed by atoms with Crippen molar-refractivity contribution < 1.29 is 38.5 Å². The lowest BCUT2D eigenvalue weighted by Crippen LogP contribution is -2.63. The number of aliphatic hydroxyl groups is 1. The molecular formula is C55H86N2O8. The molecule has 2 amide bonds. The zero-order chi connectivity index (χ0) is 48.1. The Kier molecular flexibility index (Phi) is 15.3. The molecule has 4 unspecified atom stereocenters. The molecule has 0 aromatic rings. The fraction of sp³-hybridized carbons (Fsp3) is 0.855. The Morgan fingerprint density at radius 2 is 1.20 bits per heavy atom. The van der Waals surface area contributed by atoms with Gasteiger partial charge in [-0.15, -0.1) is 24.7 Å². The first kappa shape index (κ1) is 51.6. The molecule has 7 rings (SSSR count). The number of amides is 2. The van der Waals surface area contributed by atoms with Crippen LogP contribution in [0.3, 0.4) is 0 Å². The monoisotopic (exact) mass is 903 g/mol. The maximum atomic E-state index is 14.3. The van der Waals surface area contributed by atoms with E-state index < -0.39 is 34.5 Å². The fourth-order valence-corrected chi connectivity index (χ4v) is 16.3. The van der Waals surface area contributed by atoms with Gasteiger partial charge in [-0.2, -0.15) is 0 Å². The number of piperidine rings is 1. The Labute approximate surface area is 393 Å². The van der Waals surface area contributed by atoms with Crippen molar-refractivity contribution in [2.45, 2.75) is 183 Å². The summed E-state index contributed by atoms with van der Waals surface area (Å²) in [5, 5.41) is 14.1. The quantitative estimate of drug-likeness (QED) is 0.229. The van der Waals surface area contributed by atoms with Crippen LogP contribution >= 0.6 is 0 Å². The standard InChI is InChI=1S/C32H50N2O5.C23H36O3/c1-9-10-14-30(5)18-25(39-29(37)33-28(36)23-19-34(7)17-13-20(23)2)31(6)21(3)11-15-32(22(4)27(30)35)16-12-24(38-8)26(31)32;1-7-8-11-21(4)14-18(24)22(5)15(2)9-12-23(16(3)20(21)25)13-10-17(26-6)19(22)23/h1,20-26H,10-19H2,2-8H3,(H,33,36,37);1,15-19,24H,8-14H2,2-6H3/t20-,21+,22-,23-,24+,25+,26?,30+,31-,32?;15-,16+,17-,18-,19?,21-,22+,23?/m01/s1. The molecule has 7 aliphatic rings. The number of likely N-dealkylation sites (tertiary alicyclic amines) is 1. The Balaban J connectivity index is 0.000000233. The van der Waals surface area contributed by atoms with Crippen LogP contribution in [-0.4, -0.2) is 92.3 Å². The number of carbonyl (C=O) groups is 4. The molecule has 1 aliphatic heterocycles. The van der Waals surface area contributed by atoms with Gasteiger partial charge in [-0.1, -0.05) is 62.3 Å². The first-order valence-corrected chi connectivity index (χ1v) is 25.4. The van der Waals surface area contributed by atoms with Crippen LogP contribution in [0.5, 0.6) is 0 Å². The van der Waals surface area contributed by atoms with Crippen molar-refractivity contribution in [3.05, 3.63) is 0 Å². The van der Waals surface area contributed by atoms with Gasteiger partial charge in [0.1, 0.15) is 17.7 Å². The number of carbonyl (C=O) groups excluding carboxylic acids is 4. The van der Waals surface area contributed by atoms with E-state index in [4.69, 9.17) is 27.1 Å². The number of hydrogen-bond acceptors (Lipinski definition) is 9. The average molecular weight is 903 g/mol. The third kappa shape index (κ3) is 8.58. The van der Waals surface area contributed by atoms with Gasteiger partial charge in [0.05, 0.1) is 24.2 Å². The predicted molar refractivity (Wildman–Crippen MR) is 254 cm³/mol. The highest BCUT2D eigenvalue weighted by molar-refractivity contribution is 5.93. The summed E-state index contributed by atoms with van der Waals surface area (Å²) in [6.07, 6.45) is 21.6. The maximum Gasteiger partial charge on any atom is 0.414 e. The van der Waals surface area contributed by atoms with Gasteiger partial charge >= 0.3 is 6.09 Å². The summed E-state index contributed by atoms with van der Waals surface area (Å²) in [6, 6.07) is 0. The second-order valence-electron chi connectivity index (χ2n) is 23.8. The van der Waals surface area contributed by atoms with E-state index in [1.54, 1.807) is 14.2 Å². The van der Waals surface area contributed by atoms with Crippen molar-refractivity contribution in [1.29, 1.82) is 0 Å². The number of nitrogens with zero attached hydrogens (tertiary/aromatic N) is 1. The Morgan fingerprint density at radius 3 is 1.69 bits per heavy atom. The fourth-order valence-electron chi connectivity index (χ4n) is 16.3. The number of rotatable bonds is 8. The highest BCUT2D eigenvalue weighted by Gasteiger charge is 2.70. The smallest absolute Gasteiger partial charge is 0.414 e. The van der Waals surface area contributed by atoms with Crippen LogP contribution in [0.25, 0.3) is 0 Å². The van der Waals surface area contributed by atoms with E-state index in [9.17, 15) is 24.3 Å². The third-order valence-electron chi connectivity index (χ3n) is 20.9. The molecule has 364 valence electrons. The average Bonchev–Trinajstić information content (AvgIpc) is 3.88. The van der Waals surface area contributed by atoms with Crippen LogP contribution in [0.15, 0.2) is 0 Å². The normalized spacial score (nSPS) is 47.2. The minimum absolute atomic E-state index is 0.00233. The Bertz CT molecular complexity index is 1870. The van der Waals surface area contributed by atoms with Gasteiger partial charge in [0, 0.05) is 73.0 Å². The molecule has 1 saturated heterocycles. The predicted octanol–water partition coefficient (Wildman–Crippen LogP) is 9.30. The summed E-state index contributed by atoms with van der Waals surface area (Å²) in [7, 11) is 5.56. The van der Waals surface area contributed by atoms with Crippen molar-refractivity contribution in [3.8, 4) is 24.7 Å². The van der Waals surface area contributed by atoms with Crippen LogP contribution in [0.2, 0.25) is 0 Å². The Hall–Kier alpha value is -2.76. The molecule has 10 heteroatoms. The number of aliphatic hydroxyl groups excluding tert-OH is 1. The summed E-state index contributed by atoms with van der Waals surface area (Å²) in [4.78, 5) is 56.8. The summed E-state index contributed by atoms with van der Waals surface area (Å²) in [5.41, 5.74) is -2.14. The first-order chi connectivity index (χ1) is 30.5. The lowest BCUT2D eigenvalue weighted by Gasteiger charge is -2.61. The molecule has 0 aromatic carbocycles. The zero-order valence-electron chi connectivity index (χ0n) is 42.4. The van der Waals surface area contributed by atoms with Crippen LogP contribution in [0.4, 0.5) is 4.79 Å². The van der Waals surface area contributed by atoms with Crippen LogP contribution < -0.4 is 5.32 Å². The number of Topliss-reactive ketones (excluding diaryl/α,β-unsaturated/α-hetero) is 2. The largest absolute Gasteiger partial charge is 0.445 e. The van der Waals surface area contributed by atoms with Crippen LogP contribution in [-0.2, 0) is 28.6 Å². The van der Waals surface area contributed by atoms with E-state index in [0.717, 1.165) is 64.3 Å². The lowest BCUT2D eigenvalue weighted by molar-refractivity contribution is -0.192. The molecule has 0 radical (unpaired) electrons. The summed E-state index contributed by atoms with van der Waals surface area (Å²) in [5.74, 6) is 6.48. The highest BCUT2D eigenvalue weighted by atomic mass is 16.6. The number of imide groups is 1. The molecular weight excluding hydrogens is 817 g/mol. The lowest BCUT2D eigenvalue weighted by atomic mass is 9.43. The van der Waals surface area contributed by atoms with E-state index in [0.29, 0.717) is 56.8 Å². The summed E-state index contributed by atoms with van der Waals surface area (Å²) < 4.78 is 18.3. The number of ketones is 2. The van der Waals surface area contributed by atoms with E-state index in [1.807, 2.05) is 20.9 Å². The van der Waals surface area contributed by atoms with Gasteiger partial charge in [0.15, 0.2) is 0 Å². The number of hydrogen-bond donors (Lipinski definition) is 2. The van der Waals surface area contributed by atoms with Gasteiger partial charge in [-0.25, -0.2) is 4.79 Å². The van der Waals surface area contributed by atoms with Crippen molar-refractivity contribution >= 4 is 23.6 Å². The second-order valence-corrected chi connectivity index (χ2v) is 23.8. The molecule has 7 fully saturated rings. The van der Waals surface area contributed by atoms with Crippen molar-refractivity contribution in [2.75, 3.05) is 34.4 Å². The molecule has 10 nitrogen and oxygen atoms in total. The van der Waals surface area contributed by atoms with Gasteiger partial charge < -0.3 is 24.2 Å². The van der Waals surface area contributed by atoms with Gasteiger partial charge in [-0.05, 0) is 132 Å². The third-order valence-corrected chi connectivity index (χ3v) is 20.9. The number of alkyl carbamates (subject to hydrolysis) is 1. The van der Waals surface area contributed by atoms with Crippen molar-refractivity contribution in [2.24, 2.45) is 79.8 Å². The molecule has 65 heavy (non-hydrogen) atoms. The molecule has 4 bridgehead atoms. The summed E-state index contributed by atoms with van der Waals surface area (Å²) in [6.45, 7) is 21.0. The first-order valence-electron chi connectivity index (χ1n) is 25.4. The van der Waals surface area contributed by atoms with E-state index in [-0.39, 0.29) is 81.6 Å². The van der Waals surface area contributed by atoms with Crippen molar-refractivity contribution in [3.63, 3.8) is 0 Å². The molecule has 0 spiro atoms. The van der Waals surface area contributed by atoms with Gasteiger partial charge in [0.25, 0.3) is 0 Å². The number of nitrogens with one attached hydrogen (secondary N) is 1. The highest BCUT2D eigenvalue weighted by Crippen LogP contribution is 2.70. The maximum absolute atomic E-state index is 14.3.